The molecule has 0 spiro atoms. The van der Waals surface area contributed by atoms with Gasteiger partial charge in [0.15, 0.2) is 0 Å². The standard InChI is InChI=1S/C14H21N5S/c1-10-4-6-18(8-13(10)19-7-5-15-9-19)11(2)14-17-16-12(3)20-14/h5,7,9-11,13H,4,6,8H2,1-3H3/t10-,11+,13-/m1/s1. The fourth-order valence-corrected chi connectivity index (χ4v) is 3.70. The number of aryl methyl sites for hydroxylation is 1. The van der Waals surface area contributed by atoms with E-state index >= 15 is 0 Å². The molecule has 0 unspecified atom stereocenters. The van der Waals surface area contributed by atoms with Gasteiger partial charge in [-0.2, -0.15) is 0 Å². The van der Waals surface area contributed by atoms with Crippen LogP contribution in [-0.2, 0) is 0 Å². The molecule has 1 saturated heterocycles. The van der Waals surface area contributed by atoms with Crippen LogP contribution in [0.2, 0.25) is 0 Å². The van der Waals surface area contributed by atoms with Gasteiger partial charge in [0.25, 0.3) is 0 Å². The van der Waals surface area contributed by atoms with Gasteiger partial charge in [0.05, 0.1) is 12.4 Å². The molecule has 2 aromatic rings. The highest BCUT2D eigenvalue weighted by Crippen LogP contribution is 2.33. The second kappa shape index (κ2) is 5.61. The van der Waals surface area contributed by atoms with Crippen LogP contribution < -0.4 is 0 Å². The van der Waals surface area contributed by atoms with Gasteiger partial charge in [0, 0.05) is 25.0 Å². The molecule has 0 aliphatic carbocycles. The highest BCUT2D eigenvalue weighted by molar-refractivity contribution is 7.11. The summed E-state index contributed by atoms with van der Waals surface area (Å²) in [5.41, 5.74) is 0. The number of rotatable bonds is 3. The SMILES string of the molecule is Cc1nnc([C@H](C)N2CC[C@@H](C)[C@H](n3ccnc3)C2)s1. The molecule has 108 valence electrons. The first-order valence-electron chi connectivity index (χ1n) is 7.16. The number of nitrogens with zero attached hydrogens (tertiary/aromatic N) is 5. The van der Waals surface area contributed by atoms with Crippen molar-refractivity contribution in [2.75, 3.05) is 13.1 Å². The molecule has 3 atom stereocenters. The second-order valence-electron chi connectivity index (χ2n) is 5.67. The van der Waals surface area contributed by atoms with Crippen LogP contribution >= 0.6 is 11.3 Å². The maximum Gasteiger partial charge on any atom is 0.134 e. The average molecular weight is 291 g/mol. The maximum atomic E-state index is 4.31. The topological polar surface area (TPSA) is 46.8 Å². The van der Waals surface area contributed by atoms with Crippen LogP contribution in [0.25, 0.3) is 0 Å². The molecule has 2 aromatic heterocycles. The first kappa shape index (κ1) is 13.7. The van der Waals surface area contributed by atoms with Gasteiger partial charge in [0.1, 0.15) is 10.0 Å². The van der Waals surface area contributed by atoms with Gasteiger partial charge < -0.3 is 4.57 Å². The van der Waals surface area contributed by atoms with Crippen LogP contribution in [0.15, 0.2) is 18.7 Å². The van der Waals surface area contributed by atoms with Crippen LogP contribution in [0.1, 0.15) is 42.4 Å². The molecule has 1 fully saturated rings. The Morgan fingerprint density at radius 1 is 1.40 bits per heavy atom. The van der Waals surface area contributed by atoms with Gasteiger partial charge in [0.2, 0.25) is 0 Å². The molecule has 0 aromatic carbocycles. The summed E-state index contributed by atoms with van der Waals surface area (Å²) in [7, 11) is 0. The molecule has 1 aliphatic heterocycles. The number of likely N-dealkylation sites (tertiary alicyclic amines) is 1. The van der Waals surface area contributed by atoms with Crippen molar-refractivity contribution < 1.29 is 0 Å². The van der Waals surface area contributed by atoms with Crippen LogP contribution in [0.4, 0.5) is 0 Å². The van der Waals surface area contributed by atoms with Crippen LogP contribution in [0.3, 0.4) is 0 Å². The van der Waals surface area contributed by atoms with E-state index in [0.717, 1.165) is 23.1 Å². The summed E-state index contributed by atoms with van der Waals surface area (Å²) in [5, 5.41) is 10.6. The van der Waals surface area contributed by atoms with E-state index in [0.29, 0.717) is 18.0 Å². The minimum absolute atomic E-state index is 0.347. The molecule has 0 bridgehead atoms. The van der Waals surface area contributed by atoms with Gasteiger partial charge in [-0.25, -0.2) is 4.98 Å². The van der Waals surface area contributed by atoms with E-state index in [-0.39, 0.29) is 0 Å². The maximum absolute atomic E-state index is 4.31. The average Bonchev–Trinajstić information content (AvgIpc) is 3.09. The molecule has 1 aliphatic rings. The zero-order valence-corrected chi connectivity index (χ0v) is 13.0. The Labute approximate surface area is 123 Å². The highest BCUT2D eigenvalue weighted by atomic mass is 32.1. The largest absolute Gasteiger partial charge is 0.333 e. The third-order valence-electron chi connectivity index (χ3n) is 4.30. The zero-order valence-electron chi connectivity index (χ0n) is 12.2. The smallest absolute Gasteiger partial charge is 0.134 e. The molecule has 5 nitrogen and oxygen atoms in total. The molecule has 0 N–H and O–H groups in total. The van der Waals surface area contributed by atoms with Crippen molar-refractivity contribution in [3.05, 3.63) is 28.7 Å². The predicted molar refractivity (Wildman–Crippen MR) is 79.7 cm³/mol. The molecule has 3 rings (SSSR count). The van der Waals surface area contributed by atoms with E-state index in [1.807, 2.05) is 19.4 Å². The molecule has 0 saturated carbocycles. The Bertz CT molecular complexity index is 550. The van der Waals surface area contributed by atoms with Gasteiger partial charge in [-0.15, -0.1) is 21.5 Å². The zero-order chi connectivity index (χ0) is 14.1. The number of hydrogen-bond acceptors (Lipinski definition) is 5. The predicted octanol–water partition coefficient (Wildman–Crippen LogP) is 2.69. The first-order valence-corrected chi connectivity index (χ1v) is 7.98. The molecule has 3 heterocycles. The first-order chi connectivity index (χ1) is 9.65. The van der Waals surface area contributed by atoms with Crippen LogP contribution in [-0.4, -0.2) is 37.7 Å². The number of piperidine rings is 1. The Balaban J connectivity index is 1.75. The van der Waals surface area contributed by atoms with Crippen molar-refractivity contribution >= 4 is 11.3 Å². The fourth-order valence-electron chi connectivity index (χ4n) is 2.92. The highest BCUT2D eigenvalue weighted by Gasteiger charge is 2.31. The summed E-state index contributed by atoms with van der Waals surface area (Å²) in [4.78, 5) is 6.71. The molecule has 20 heavy (non-hydrogen) atoms. The van der Waals surface area contributed by atoms with Gasteiger partial charge in [-0.3, -0.25) is 4.90 Å². The summed E-state index contributed by atoms with van der Waals surface area (Å²) in [5.74, 6) is 0.684. The Kier molecular flexibility index (Phi) is 3.85. The van der Waals surface area contributed by atoms with Crippen LogP contribution in [0.5, 0.6) is 0 Å². The number of imidazole rings is 1. The summed E-state index contributed by atoms with van der Waals surface area (Å²) < 4.78 is 2.24. The van der Waals surface area contributed by atoms with E-state index in [4.69, 9.17) is 0 Å². The van der Waals surface area contributed by atoms with E-state index in [1.165, 1.54) is 6.42 Å². The van der Waals surface area contributed by atoms with Crippen molar-refractivity contribution in [3.63, 3.8) is 0 Å². The fraction of sp³-hybridized carbons (Fsp3) is 0.643. The van der Waals surface area contributed by atoms with Gasteiger partial charge in [-0.05, 0) is 32.7 Å². The van der Waals surface area contributed by atoms with Crippen molar-refractivity contribution in [1.29, 1.82) is 0 Å². The normalized spacial score (nSPS) is 25.8. The third kappa shape index (κ3) is 2.62. The number of aromatic nitrogens is 4. The summed E-state index contributed by atoms with van der Waals surface area (Å²) in [6, 6.07) is 0.849. The minimum atomic E-state index is 0.347. The Morgan fingerprint density at radius 2 is 2.25 bits per heavy atom. The van der Waals surface area contributed by atoms with E-state index in [9.17, 15) is 0 Å². The third-order valence-corrected chi connectivity index (χ3v) is 5.31. The molecular weight excluding hydrogens is 270 g/mol. The van der Waals surface area contributed by atoms with Gasteiger partial charge in [-0.1, -0.05) is 6.92 Å². The molecule has 6 heteroatoms. The lowest BCUT2D eigenvalue weighted by molar-refractivity contribution is 0.0981. The lowest BCUT2D eigenvalue weighted by Gasteiger charge is -2.40. The quantitative estimate of drug-likeness (QED) is 0.872. The summed E-state index contributed by atoms with van der Waals surface area (Å²) in [6.45, 7) is 8.77. The van der Waals surface area contributed by atoms with E-state index in [2.05, 4.69) is 44.7 Å². The monoisotopic (exact) mass is 291 g/mol. The molecule has 0 radical (unpaired) electrons. The Hall–Kier alpha value is -1.27. The second-order valence-corrected chi connectivity index (χ2v) is 6.89. The lowest BCUT2D eigenvalue weighted by atomic mass is 9.92. The Morgan fingerprint density at radius 3 is 2.90 bits per heavy atom. The van der Waals surface area contributed by atoms with Gasteiger partial charge >= 0.3 is 0 Å². The number of hydrogen-bond donors (Lipinski definition) is 0. The summed E-state index contributed by atoms with van der Waals surface area (Å²) >= 11 is 1.71. The van der Waals surface area contributed by atoms with Crippen molar-refractivity contribution in [2.45, 2.75) is 39.3 Å². The molecular formula is C14H21N5S. The van der Waals surface area contributed by atoms with Crippen LogP contribution in [0, 0.1) is 12.8 Å². The van der Waals surface area contributed by atoms with E-state index < -0.39 is 0 Å². The van der Waals surface area contributed by atoms with Crippen molar-refractivity contribution in [1.82, 2.24) is 24.6 Å². The minimum Gasteiger partial charge on any atom is -0.333 e. The van der Waals surface area contributed by atoms with Crippen molar-refractivity contribution in [2.24, 2.45) is 5.92 Å². The van der Waals surface area contributed by atoms with E-state index in [1.54, 1.807) is 11.3 Å². The lowest BCUT2D eigenvalue weighted by Crippen LogP contribution is -2.41. The summed E-state index contributed by atoms with van der Waals surface area (Å²) in [6.07, 6.45) is 7.09. The molecule has 0 amide bonds. The van der Waals surface area contributed by atoms with Crippen molar-refractivity contribution in [3.8, 4) is 0 Å².